The normalized spacial score (nSPS) is 11.4. The predicted molar refractivity (Wildman–Crippen MR) is 243 cm³/mol. The van der Waals surface area contributed by atoms with Crippen molar-refractivity contribution in [3.8, 4) is 34.4 Å². The number of imidazole rings is 2. The number of nitrogens with zero attached hydrogens (tertiary/aromatic N) is 12. The molecule has 2 aromatic carbocycles. The highest BCUT2D eigenvalue weighted by molar-refractivity contribution is 9.10. The summed E-state index contributed by atoms with van der Waals surface area (Å²) in [5.41, 5.74) is 3.38. The van der Waals surface area contributed by atoms with Crippen molar-refractivity contribution >= 4 is 51.1 Å². The van der Waals surface area contributed by atoms with Crippen LogP contribution >= 0.6 is 39.1 Å². The van der Waals surface area contributed by atoms with Crippen molar-refractivity contribution < 1.29 is 32.2 Å². The number of esters is 2. The molecule has 8 rings (SSSR count). The fourth-order valence-corrected chi connectivity index (χ4v) is 8.36. The van der Waals surface area contributed by atoms with Crippen LogP contribution in [0.2, 0.25) is 10.3 Å². The molecule has 0 fully saturated rings. The predicted octanol–water partition coefficient (Wildman–Crippen LogP) is 9.15. The molecule has 0 aliphatic rings. The Kier molecular flexibility index (Phi) is 15.4. The molecule has 350 valence electrons. The Bertz CT molecular complexity index is 2930. The molecule has 24 heteroatoms. The number of tetrazole rings is 2. The number of unbranched alkanes of at least 4 members (excludes halogenated alkanes) is 2. The molecule has 6 heterocycles. The van der Waals surface area contributed by atoms with Gasteiger partial charge >= 0.3 is 18.1 Å². The molecule has 0 unspecified atom stereocenters. The van der Waals surface area contributed by atoms with Gasteiger partial charge in [-0.2, -0.15) is 23.6 Å². The zero-order chi connectivity index (χ0) is 47.8. The van der Waals surface area contributed by atoms with Crippen LogP contribution in [0.4, 0.5) is 13.2 Å². The lowest BCUT2D eigenvalue weighted by atomic mass is 10.1. The summed E-state index contributed by atoms with van der Waals surface area (Å²) in [6.45, 7) is 4.83. The maximum Gasteiger partial charge on any atom is 0.431 e. The minimum absolute atomic E-state index is 0.0286. The van der Waals surface area contributed by atoms with Crippen LogP contribution in [0.25, 0.3) is 34.4 Å². The number of aromatic nitrogens is 14. The second kappa shape index (κ2) is 21.3. The molecule has 0 saturated carbocycles. The van der Waals surface area contributed by atoms with E-state index in [0.29, 0.717) is 24.6 Å². The zero-order valence-electron chi connectivity index (χ0n) is 36.4. The van der Waals surface area contributed by atoms with E-state index in [1.54, 1.807) is 28.8 Å². The van der Waals surface area contributed by atoms with E-state index in [9.17, 15) is 22.8 Å². The minimum atomic E-state index is -4.60. The first kappa shape index (κ1) is 48.3. The monoisotopic (exact) mass is 1020 g/mol. The maximum absolute atomic E-state index is 13.7. The number of halogens is 6. The smallest absolute Gasteiger partial charge is 0.431 e. The molecule has 0 atom stereocenters. The Balaban J connectivity index is 0.000000200. The van der Waals surface area contributed by atoms with Crippen molar-refractivity contribution in [2.24, 2.45) is 0 Å². The fraction of sp³-hybridized carbons (Fsp3) is 0.302. The number of aryl methyl sites for hydroxylation is 2. The summed E-state index contributed by atoms with van der Waals surface area (Å²) >= 11 is 16.1. The highest BCUT2D eigenvalue weighted by atomic mass is 79.9. The molecule has 18 nitrogen and oxygen atoms in total. The van der Waals surface area contributed by atoms with E-state index in [0.717, 1.165) is 75.7 Å². The SMILES string of the molecule is CCCCc1nc(Cl)c(C(=O)OC)n1Cc1ccc(-n2c(-c3nn[nH]n3)ccc2C(F)(F)F)cc1.CCCCc1nc(Cl)c(C(=O)OC)n1Cc1ccc(-n2c(Br)ccc2-c2nn[nH]n2)cc1. The molecular weight excluding hydrogens is 984 g/mol. The topological polar surface area (TPSA) is 207 Å². The van der Waals surface area contributed by atoms with Crippen LogP contribution in [0.5, 0.6) is 0 Å². The Morgan fingerprint density at radius 2 is 1.09 bits per heavy atom. The van der Waals surface area contributed by atoms with Crippen LogP contribution < -0.4 is 0 Å². The summed E-state index contributed by atoms with van der Waals surface area (Å²) in [5, 5.41) is 27.8. The third kappa shape index (κ3) is 10.7. The molecule has 2 N–H and O–H groups in total. The third-order valence-corrected chi connectivity index (χ3v) is 11.6. The number of hydrogen-bond donors (Lipinski definition) is 2. The number of benzene rings is 2. The number of alkyl halides is 3. The average Bonchev–Trinajstić information content (AvgIpc) is 4.19. The van der Waals surface area contributed by atoms with Gasteiger partial charge in [0.15, 0.2) is 21.7 Å². The molecule has 0 aliphatic carbocycles. The summed E-state index contributed by atoms with van der Waals surface area (Å²) < 4.78 is 58.3. The molecule has 6 aromatic heterocycles. The van der Waals surface area contributed by atoms with E-state index in [1.807, 2.05) is 52.5 Å². The molecule has 0 aliphatic heterocycles. The van der Waals surface area contributed by atoms with Gasteiger partial charge in [0.2, 0.25) is 11.6 Å². The molecular formula is C43H42BrCl2F3N14O4. The van der Waals surface area contributed by atoms with E-state index in [1.165, 1.54) is 20.3 Å². The van der Waals surface area contributed by atoms with Crippen molar-refractivity contribution in [3.63, 3.8) is 0 Å². The van der Waals surface area contributed by atoms with E-state index in [4.69, 9.17) is 32.7 Å². The first-order chi connectivity index (χ1) is 32.3. The molecule has 0 radical (unpaired) electrons. The summed E-state index contributed by atoms with van der Waals surface area (Å²) in [4.78, 5) is 33.4. The second-order valence-corrected chi connectivity index (χ2v) is 16.3. The standard InChI is InChI=1S/C22H21ClF3N7O2.C21H21BrClN7O2/c1-3-4-5-17-27-19(23)18(21(34)35-2)32(17)12-13-6-8-14(9-7-13)33-15(20-28-30-31-29-20)10-11-16(33)22(24,25)26;1-3-4-5-17-24-19(23)18(21(31)32-2)29(17)12-13-6-8-14(9-7-13)30-15(10-11-16(30)22)20-25-27-28-26-20/h6-11H,3-5,12H2,1-2H3,(H,28,29,30,31);6-11H,3-5,12H2,1-2H3,(H,25,26,27,28). The Morgan fingerprint density at radius 3 is 1.49 bits per heavy atom. The van der Waals surface area contributed by atoms with E-state index in [-0.39, 0.29) is 45.4 Å². The first-order valence-corrected chi connectivity index (χ1v) is 22.3. The van der Waals surface area contributed by atoms with Crippen molar-refractivity contribution in [3.05, 3.63) is 128 Å². The molecule has 0 amide bonds. The maximum atomic E-state index is 13.7. The van der Waals surface area contributed by atoms with Crippen LogP contribution in [-0.2, 0) is 41.6 Å². The largest absolute Gasteiger partial charge is 0.464 e. The number of ether oxygens (including phenoxy) is 2. The number of nitrogens with one attached hydrogen (secondary N) is 2. The van der Waals surface area contributed by atoms with Gasteiger partial charge in [-0.1, -0.05) is 74.2 Å². The van der Waals surface area contributed by atoms with Crippen LogP contribution in [0.1, 0.15) is 89.0 Å². The average molecular weight is 1030 g/mol. The van der Waals surface area contributed by atoms with E-state index < -0.39 is 23.8 Å². The lowest BCUT2D eigenvalue weighted by molar-refractivity contribution is -0.142. The zero-order valence-corrected chi connectivity index (χ0v) is 39.5. The van der Waals surface area contributed by atoms with Gasteiger partial charge in [-0.05, 0) is 98.9 Å². The third-order valence-electron chi connectivity index (χ3n) is 10.5. The summed E-state index contributed by atoms with van der Waals surface area (Å²) in [6.07, 6.45) is 0.479. The van der Waals surface area contributed by atoms with Crippen molar-refractivity contribution in [1.82, 2.24) is 69.5 Å². The number of hydrogen-bond acceptors (Lipinski definition) is 12. The van der Waals surface area contributed by atoms with Crippen LogP contribution in [0.3, 0.4) is 0 Å². The first-order valence-electron chi connectivity index (χ1n) is 20.8. The Hall–Kier alpha value is -6.65. The minimum Gasteiger partial charge on any atom is -0.464 e. The highest BCUT2D eigenvalue weighted by Crippen LogP contribution is 2.36. The van der Waals surface area contributed by atoms with Crippen LogP contribution in [0.15, 0.2) is 77.4 Å². The van der Waals surface area contributed by atoms with Gasteiger partial charge in [0.1, 0.15) is 17.3 Å². The molecule has 67 heavy (non-hydrogen) atoms. The summed E-state index contributed by atoms with van der Waals surface area (Å²) in [6, 6.07) is 20.5. The second-order valence-electron chi connectivity index (χ2n) is 14.8. The summed E-state index contributed by atoms with van der Waals surface area (Å²) in [5.74, 6) is 0.813. The van der Waals surface area contributed by atoms with Crippen molar-refractivity contribution in [1.29, 1.82) is 0 Å². The Morgan fingerprint density at radius 1 is 0.657 bits per heavy atom. The molecule has 8 aromatic rings. The number of H-pyrrole nitrogens is 2. The lowest BCUT2D eigenvalue weighted by Gasteiger charge is -2.15. The van der Waals surface area contributed by atoms with Crippen molar-refractivity contribution in [2.45, 2.75) is 71.6 Å². The van der Waals surface area contributed by atoms with E-state index in [2.05, 4.69) is 74.1 Å². The van der Waals surface area contributed by atoms with Gasteiger partial charge in [0.05, 0.1) is 30.2 Å². The molecule has 0 spiro atoms. The van der Waals surface area contributed by atoms with Crippen LogP contribution in [0, 0.1) is 0 Å². The van der Waals surface area contributed by atoms with Gasteiger partial charge in [0.25, 0.3) is 0 Å². The van der Waals surface area contributed by atoms with Gasteiger partial charge in [-0.15, -0.1) is 20.4 Å². The van der Waals surface area contributed by atoms with E-state index >= 15 is 0 Å². The van der Waals surface area contributed by atoms with Gasteiger partial charge in [-0.25, -0.2) is 19.6 Å². The number of carbonyl (C=O) groups excluding carboxylic acids is 2. The van der Waals surface area contributed by atoms with Crippen molar-refractivity contribution in [2.75, 3.05) is 14.2 Å². The molecule has 0 bridgehead atoms. The van der Waals surface area contributed by atoms with Crippen LogP contribution in [-0.4, -0.2) is 95.6 Å². The van der Waals surface area contributed by atoms with Gasteiger partial charge in [0, 0.05) is 37.3 Å². The van der Waals surface area contributed by atoms with Gasteiger partial charge < -0.3 is 27.7 Å². The number of aromatic amines is 2. The quantitative estimate of drug-likeness (QED) is 0.0869. The highest BCUT2D eigenvalue weighted by Gasteiger charge is 2.36. The summed E-state index contributed by atoms with van der Waals surface area (Å²) in [7, 11) is 2.60. The lowest BCUT2D eigenvalue weighted by Crippen LogP contribution is -2.15. The number of rotatable bonds is 16. The Labute approximate surface area is 398 Å². The van der Waals surface area contributed by atoms with Gasteiger partial charge in [-0.3, -0.25) is 0 Å². The number of methoxy groups -OCH3 is 2. The molecule has 0 saturated heterocycles. The fourth-order valence-electron chi connectivity index (χ4n) is 7.27. The number of carbonyl (C=O) groups is 2.